The number of primary amides is 1. The van der Waals surface area contributed by atoms with Crippen molar-refractivity contribution in [1.29, 1.82) is 0 Å². The Morgan fingerprint density at radius 2 is 1.80 bits per heavy atom. The minimum atomic E-state index is -0.532. The minimum absolute atomic E-state index is 0.0921. The van der Waals surface area contributed by atoms with Crippen LogP contribution in [0.15, 0.2) is 79.0 Å². The molecule has 1 amide bonds. The maximum Gasteiger partial charge on any atom is 0.266 e. The van der Waals surface area contributed by atoms with E-state index in [1.54, 1.807) is 0 Å². The van der Waals surface area contributed by atoms with E-state index in [0.717, 1.165) is 17.7 Å². The Balaban J connectivity index is 1.26. The summed E-state index contributed by atoms with van der Waals surface area (Å²) in [5, 5.41) is 0. The van der Waals surface area contributed by atoms with E-state index in [2.05, 4.69) is 46.4 Å². The van der Waals surface area contributed by atoms with Gasteiger partial charge in [0.25, 0.3) is 5.91 Å². The Morgan fingerprint density at radius 1 is 1.03 bits per heavy atom. The molecule has 0 spiro atoms. The Bertz CT molecular complexity index is 1320. The first-order valence-electron chi connectivity index (χ1n) is 11.9. The van der Waals surface area contributed by atoms with Crippen molar-refractivity contribution < 1.29 is 14.3 Å². The van der Waals surface area contributed by atoms with Crippen LogP contribution in [0.1, 0.15) is 52.3 Å². The van der Waals surface area contributed by atoms with E-state index in [4.69, 9.17) is 15.2 Å². The number of nitrogens with one attached hydrogen (secondary N) is 1. The lowest BCUT2D eigenvalue weighted by Crippen LogP contribution is -2.23. The number of nitrogens with zero attached hydrogens (tertiary/aromatic N) is 1. The second-order valence-electron chi connectivity index (χ2n) is 8.94. The van der Waals surface area contributed by atoms with Gasteiger partial charge in [0.1, 0.15) is 17.3 Å². The number of hydrogen-bond donors (Lipinski definition) is 2. The number of fused-ring (bicyclic) bond motifs is 3. The van der Waals surface area contributed by atoms with Gasteiger partial charge in [0.05, 0.1) is 25.5 Å². The van der Waals surface area contributed by atoms with Crippen molar-refractivity contribution in [3.63, 3.8) is 0 Å². The van der Waals surface area contributed by atoms with E-state index in [1.165, 1.54) is 28.5 Å². The molecule has 0 saturated heterocycles. The molecule has 1 aliphatic rings. The Morgan fingerprint density at radius 3 is 2.60 bits per heavy atom. The fourth-order valence-corrected chi connectivity index (χ4v) is 4.68. The molecule has 1 aromatic heterocycles. The summed E-state index contributed by atoms with van der Waals surface area (Å²) in [6.07, 6.45) is 2.92. The molecule has 0 bridgehead atoms. The van der Waals surface area contributed by atoms with Crippen molar-refractivity contribution in [3.05, 3.63) is 107 Å². The molecule has 2 atom stereocenters. The standard InChI is InChI=1S/C29H29N3O3/c1-19(35-18-20-7-3-2-4-8-20)24(29-31-17-27(32-29)28(30)33)13-14-34-23-11-12-26-22(16-23)15-21-9-5-6-10-25(21)26/h2-12,16-17,19,24H,13-15,18H2,1H3,(H2,30,33)(H,31,32)/t19-,24-/m0/s1. The van der Waals surface area contributed by atoms with E-state index in [9.17, 15) is 4.79 Å². The van der Waals surface area contributed by atoms with Crippen molar-refractivity contribution in [2.75, 3.05) is 6.61 Å². The van der Waals surface area contributed by atoms with Gasteiger partial charge in [-0.15, -0.1) is 0 Å². The van der Waals surface area contributed by atoms with Crippen molar-refractivity contribution in [2.45, 2.75) is 38.4 Å². The number of ether oxygens (including phenoxy) is 2. The lowest BCUT2D eigenvalue weighted by molar-refractivity contribution is 0.0277. The van der Waals surface area contributed by atoms with Gasteiger partial charge in [-0.3, -0.25) is 4.79 Å². The van der Waals surface area contributed by atoms with Gasteiger partial charge >= 0.3 is 0 Å². The van der Waals surface area contributed by atoms with Crippen LogP contribution in [0.25, 0.3) is 11.1 Å². The molecular formula is C29H29N3O3. The van der Waals surface area contributed by atoms with Gasteiger partial charge in [-0.05, 0) is 59.7 Å². The van der Waals surface area contributed by atoms with E-state index in [-0.39, 0.29) is 12.0 Å². The van der Waals surface area contributed by atoms with Crippen LogP contribution in [0.5, 0.6) is 5.75 Å². The van der Waals surface area contributed by atoms with Crippen molar-refractivity contribution >= 4 is 5.91 Å². The fourth-order valence-electron chi connectivity index (χ4n) is 4.68. The molecule has 0 radical (unpaired) electrons. The zero-order valence-corrected chi connectivity index (χ0v) is 19.7. The monoisotopic (exact) mass is 467 g/mol. The summed E-state index contributed by atoms with van der Waals surface area (Å²) in [4.78, 5) is 19.1. The predicted molar refractivity (Wildman–Crippen MR) is 135 cm³/mol. The molecule has 6 nitrogen and oxygen atoms in total. The molecular weight excluding hydrogens is 438 g/mol. The second kappa shape index (κ2) is 10.2. The van der Waals surface area contributed by atoms with E-state index >= 15 is 0 Å². The van der Waals surface area contributed by atoms with Gasteiger partial charge in [-0.25, -0.2) is 4.98 Å². The molecule has 3 N–H and O–H groups in total. The smallest absolute Gasteiger partial charge is 0.266 e. The molecule has 35 heavy (non-hydrogen) atoms. The highest BCUT2D eigenvalue weighted by atomic mass is 16.5. The van der Waals surface area contributed by atoms with Gasteiger partial charge in [0.15, 0.2) is 0 Å². The molecule has 4 aromatic rings. The third-order valence-electron chi connectivity index (χ3n) is 6.60. The van der Waals surface area contributed by atoms with Crippen LogP contribution < -0.4 is 10.5 Å². The molecule has 0 unspecified atom stereocenters. The summed E-state index contributed by atoms with van der Waals surface area (Å²) in [6, 6.07) is 24.9. The second-order valence-corrected chi connectivity index (χ2v) is 8.94. The highest BCUT2D eigenvalue weighted by molar-refractivity contribution is 5.90. The van der Waals surface area contributed by atoms with Crippen LogP contribution in [0.2, 0.25) is 0 Å². The molecule has 0 fully saturated rings. The number of imidazole rings is 1. The van der Waals surface area contributed by atoms with Crippen LogP contribution in [0.4, 0.5) is 0 Å². The zero-order valence-electron chi connectivity index (χ0n) is 19.7. The summed E-state index contributed by atoms with van der Waals surface area (Å²) in [5.74, 6) is 0.902. The lowest BCUT2D eigenvalue weighted by atomic mass is 9.99. The molecule has 3 aromatic carbocycles. The molecule has 6 heteroatoms. The third kappa shape index (κ3) is 5.12. The summed E-state index contributed by atoms with van der Waals surface area (Å²) in [6.45, 7) is 3.00. The summed E-state index contributed by atoms with van der Waals surface area (Å²) in [7, 11) is 0. The number of rotatable bonds is 10. The van der Waals surface area contributed by atoms with Crippen LogP contribution >= 0.6 is 0 Å². The predicted octanol–water partition coefficient (Wildman–Crippen LogP) is 5.24. The van der Waals surface area contributed by atoms with Crippen LogP contribution in [-0.4, -0.2) is 28.6 Å². The zero-order chi connectivity index (χ0) is 24.2. The topological polar surface area (TPSA) is 90.2 Å². The average Bonchev–Trinajstić information content (AvgIpc) is 3.51. The molecule has 1 aliphatic carbocycles. The summed E-state index contributed by atoms with van der Waals surface area (Å²) >= 11 is 0. The van der Waals surface area contributed by atoms with Gasteiger partial charge in [0, 0.05) is 5.92 Å². The first-order valence-corrected chi connectivity index (χ1v) is 11.9. The maximum atomic E-state index is 11.6. The van der Waals surface area contributed by atoms with Crippen molar-refractivity contribution in [1.82, 2.24) is 9.97 Å². The lowest BCUT2D eigenvalue weighted by Gasteiger charge is -2.23. The highest BCUT2D eigenvalue weighted by Gasteiger charge is 2.24. The van der Waals surface area contributed by atoms with Crippen molar-refractivity contribution in [3.8, 4) is 16.9 Å². The normalized spacial score (nSPS) is 13.6. The molecule has 0 saturated carbocycles. The number of carbonyl (C=O) groups excluding carboxylic acids is 1. The number of aromatic amines is 1. The van der Waals surface area contributed by atoms with Crippen LogP contribution in [0, 0.1) is 0 Å². The van der Waals surface area contributed by atoms with E-state index in [0.29, 0.717) is 31.2 Å². The van der Waals surface area contributed by atoms with Crippen LogP contribution in [0.3, 0.4) is 0 Å². The molecule has 5 rings (SSSR count). The number of benzene rings is 3. The SMILES string of the molecule is C[C@H](OCc1ccccc1)[C@H](CCOc1ccc2c(c1)Cc1ccccc1-2)c1ncc(C(N)=O)[nH]1. The molecule has 1 heterocycles. The quantitative estimate of drug-likeness (QED) is 0.294. The Labute approximate surface area is 205 Å². The Hall–Kier alpha value is -3.90. The maximum absolute atomic E-state index is 11.6. The highest BCUT2D eigenvalue weighted by Crippen LogP contribution is 2.38. The fraction of sp³-hybridized carbons (Fsp3) is 0.241. The average molecular weight is 468 g/mol. The number of hydrogen-bond acceptors (Lipinski definition) is 4. The summed E-state index contributed by atoms with van der Waals surface area (Å²) in [5.41, 5.74) is 12.0. The van der Waals surface area contributed by atoms with E-state index < -0.39 is 5.91 Å². The third-order valence-corrected chi connectivity index (χ3v) is 6.60. The largest absolute Gasteiger partial charge is 0.494 e. The van der Waals surface area contributed by atoms with Gasteiger partial charge in [-0.1, -0.05) is 60.7 Å². The number of H-pyrrole nitrogens is 1. The van der Waals surface area contributed by atoms with Gasteiger partial charge in [-0.2, -0.15) is 0 Å². The first kappa shape index (κ1) is 22.9. The van der Waals surface area contributed by atoms with Crippen LogP contribution in [-0.2, 0) is 17.8 Å². The van der Waals surface area contributed by atoms with Gasteiger partial charge in [0.2, 0.25) is 0 Å². The van der Waals surface area contributed by atoms with Gasteiger partial charge < -0.3 is 20.2 Å². The molecule has 178 valence electrons. The number of carbonyl (C=O) groups is 1. The number of aromatic nitrogens is 2. The first-order chi connectivity index (χ1) is 17.1. The summed E-state index contributed by atoms with van der Waals surface area (Å²) < 4.78 is 12.3. The molecule has 0 aliphatic heterocycles. The van der Waals surface area contributed by atoms with E-state index in [1.807, 2.05) is 43.3 Å². The van der Waals surface area contributed by atoms with Crippen molar-refractivity contribution in [2.24, 2.45) is 5.73 Å². The number of nitrogens with two attached hydrogens (primary N) is 1. The Kier molecular flexibility index (Phi) is 6.64. The number of amides is 1. The minimum Gasteiger partial charge on any atom is -0.494 e.